The molecule has 49 heavy (non-hydrogen) atoms. The molecule has 0 N–H and O–H groups in total. The molecule has 0 aromatic carbocycles. The highest BCUT2D eigenvalue weighted by molar-refractivity contribution is 5.30. The molecule has 8 aliphatic heterocycles. The van der Waals surface area contributed by atoms with Crippen molar-refractivity contribution in [3.05, 3.63) is 22.7 Å². The molecule has 8 heterocycles. The third kappa shape index (κ3) is 5.12. The highest BCUT2D eigenvalue weighted by atomic mass is 19.4. The predicted octanol–water partition coefficient (Wildman–Crippen LogP) is 6.97. The van der Waals surface area contributed by atoms with E-state index in [2.05, 4.69) is 0 Å². The number of hydrogen-bond acceptors (Lipinski definition) is 10. The summed E-state index contributed by atoms with van der Waals surface area (Å²) in [5, 5.41) is 1.12. The number of nitrogens with zero attached hydrogens (tertiary/aromatic N) is 1. The Hall–Kier alpha value is -1.66. The number of allylic oxidation sites excluding steroid dienone is 2. The summed E-state index contributed by atoms with van der Waals surface area (Å²) in [6.45, 7) is 6.27. The minimum absolute atomic E-state index is 0.0911. The zero-order chi connectivity index (χ0) is 34.9. The summed E-state index contributed by atoms with van der Waals surface area (Å²) in [4.78, 5) is 29.4. The average molecular weight is 712 g/mol. The Morgan fingerprint density at radius 3 is 1.59 bits per heavy atom. The van der Waals surface area contributed by atoms with E-state index in [9.17, 15) is 26.3 Å². The van der Waals surface area contributed by atoms with Crippen LogP contribution in [0.2, 0.25) is 0 Å². The smallest absolute Gasteiger partial charge is 0.449 e. The topological polar surface area (TPSA) is 86.3 Å². The van der Waals surface area contributed by atoms with Crippen LogP contribution < -0.4 is 0 Å². The second-order valence-electron chi connectivity index (χ2n) is 15.7. The van der Waals surface area contributed by atoms with Crippen LogP contribution in [0.15, 0.2) is 22.7 Å². The number of likely N-dealkylation sites (N-methyl/N-ethyl adjacent to an activating group) is 1. The molecular weight excluding hydrogens is 668 g/mol. The minimum Gasteiger partial charge on any atom is -0.456 e. The van der Waals surface area contributed by atoms with Gasteiger partial charge in [-0.25, -0.2) is 19.6 Å². The lowest BCUT2D eigenvalue weighted by molar-refractivity contribution is -0.558. The van der Waals surface area contributed by atoms with Crippen LogP contribution >= 0.6 is 0 Å². The molecule has 0 radical (unpaired) electrons. The molecule has 0 aromatic rings. The van der Waals surface area contributed by atoms with Gasteiger partial charge in [0, 0.05) is 55.7 Å². The maximum absolute atomic E-state index is 14.7. The van der Waals surface area contributed by atoms with Crippen LogP contribution in [0.3, 0.4) is 0 Å². The van der Waals surface area contributed by atoms with Gasteiger partial charge in [0.1, 0.15) is 0 Å². The maximum atomic E-state index is 14.7. The van der Waals surface area contributed by atoms with Crippen molar-refractivity contribution in [1.29, 1.82) is 0 Å². The van der Waals surface area contributed by atoms with E-state index in [1.54, 1.807) is 13.8 Å². The fraction of sp³-hybridized carbons (Fsp3) is 0.879. The molecule has 10 aliphatic rings. The van der Waals surface area contributed by atoms with Crippen molar-refractivity contribution in [2.24, 2.45) is 35.5 Å². The number of ether oxygens (including phenoxy) is 4. The SMILES string of the molecule is C[C@@H]1CC[C@H]2C(CON(C)CC3=C(C(F)(F)F)O[C@@H]4OC5(C)CCC6[C@H](C)CC[C@@H]3[C@]64OO5)=C(C(F)(F)F)O[C@@H]3OC4(C)CCC1[C@]32OO4. The zero-order valence-corrected chi connectivity index (χ0v) is 28.1. The predicted molar refractivity (Wildman–Crippen MR) is 152 cm³/mol. The first-order valence-electron chi connectivity index (χ1n) is 17.3. The van der Waals surface area contributed by atoms with Gasteiger partial charge >= 0.3 is 12.4 Å². The Morgan fingerprint density at radius 1 is 0.673 bits per heavy atom. The molecular formula is C33H43F6NO9. The number of halogens is 6. The van der Waals surface area contributed by atoms with Gasteiger partial charge in [0.05, 0.1) is 6.61 Å². The molecule has 10 nitrogen and oxygen atoms in total. The Bertz CT molecular complexity index is 1420. The van der Waals surface area contributed by atoms with Gasteiger partial charge < -0.3 is 18.9 Å². The van der Waals surface area contributed by atoms with E-state index in [4.69, 9.17) is 43.3 Å². The van der Waals surface area contributed by atoms with E-state index in [1.807, 2.05) is 13.8 Å². The molecule has 4 bridgehead atoms. The summed E-state index contributed by atoms with van der Waals surface area (Å²) in [6.07, 6.45) is -8.56. The molecule has 2 saturated carbocycles. The normalized spacial score (nSPS) is 47.7. The number of alkyl halides is 6. The number of rotatable bonds is 5. The van der Waals surface area contributed by atoms with Crippen molar-refractivity contribution in [3.8, 4) is 0 Å². The van der Waals surface area contributed by atoms with Crippen molar-refractivity contribution < 1.29 is 69.7 Å². The van der Waals surface area contributed by atoms with Gasteiger partial charge in [-0.15, -0.1) is 0 Å². The monoisotopic (exact) mass is 711 g/mol. The highest BCUT2D eigenvalue weighted by Crippen LogP contribution is 2.63. The van der Waals surface area contributed by atoms with Crippen LogP contribution in [0, 0.1) is 35.5 Å². The molecule has 0 aromatic heterocycles. The van der Waals surface area contributed by atoms with E-state index >= 15 is 0 Å². The number of hydroxylamine groups is 2. The van der Waals surface area contributed by atoms with Crippen LogP contribution in [0.5, 0.6) is 0 Å². The number of fused-ring (bicyclic) bond motifs is 4. The number of hydrogen-bond donors (Lipinski definition) is 0. The Balaban J connectivity index is 1.11. The third-order valence-electron chi connectivity index (χ3n) is 12.7. The summed E-state index contributed by atoms with van der Waals surface area (Å²) in [5.41, 5.74) is -3.01. The van der Waals surface area contributed by atoms with Crippen LogP contribution in [0.1, 0.15) is 79.1 Å². The van der Waals surface area contributed by atoms with Gasteiger partial charge in [0.25, 0.3) is 0 Å². The summed E-state index contributed by atoms with van der Waals surface area (Å²) in [7, 11) is 1.39. The lowest BCUT2D eigenvalue weighted by atomic mass is 9.59. The average Bonchev–Trinajstić information content (AvgIpc) is 3.39. The fourth-order valence-electron chi connectivity index (χ4n) is 10.3. The summed E-state index contributed by atoms with van der Waals surface area (Å²) >= 11 is 0. The van der Waals surface area contributed by atoms with Crippen molar-refractivity contribution in [1.82, 2.24) is 5.06 Å². The second kappa shape index (κ2) is 11.2. The van der Waals surface area contributed by atoms with Gasteiger partial charge in [-0.3, -0.25) is 4.84 Å². The van der Waals surface area contributed by atoms with Gasteiger partial charge in [-0.1, -0.05) is 13.8 Å². The first-order valence-corrected chi connectivity index (χ1v) is 17.3. The highest BCUT2D eigenvalue weighted by Gasteiger charge is 2.72. The van der Waals surface area contributed by atoms with Crippen molar-refractivity contribution in [2.45, 2.75) is 127 Å². The van der Waals surface area contributed by atoms with E-state index < -0.39 is 84.2 Å². The second-order valence-corrected chi connectivity index (χ2v) is 15.7. The Labute approximate surface area is 280 Å². The molecule has 276 valence electrons. The van der Waals surface area contributed by atoms with Crippen LogP contribution in [-0.4, -0.2) is 73.0 Å². The van der Waals surface area contributed by atoms with Gasteiger partial charge in [0.15, 0.2) is 11.2 Å². The lowest BCUT2D eigenvalue weighted by Gasteiger charge is -2.57. The molecule has 0 amide bonds. The maximum Gasteiger partial charge on any atom is 0.449 e. The molecule has 16 heteroatoms. The Morgan fingerprint density at radius 2 is 1.12 bits per heavy atom. The van der Waals surface area contributed by atoms with Crippen molar-refractivity contribution in [3.63, 3.8) is 0 Å². The fourth-order valence-corrected chi connectivity index (χ4v) is 10.3. The quantitative estimate of drug-likeness (QED) is 0.169. The summed E-state index contributed by atoms with van der Waals surface area (Å²) < 4.78 is 112. The van der Waals surface area contributed by atoms with Crippen molar-refractivity contribution >= 4 is 0 Å². The molecule has 4 unspecified atom stereocenters. The molecule has 6 saturated heterocycles. The summed E-state index contributed by atoms with van der Waals surface area (Å²) in [6, 6.07) is 0. The standard InChI is InChI=1S/C33H43F6NO9/c1-16-6-8-22-18(24(32(34,35)36)42-26-30(22)20(16)10-12-28(3,44-26)46-48-30)14-40(5)41-15-19-23-9-7-17(2)21-11-13-29(4)45-27(31(21,23)49-47-29)43-25(19)33(37,38)39/h16-17,20-23,26-27H,6-15H2,1-5H3/t16-,17-,20?,21?,22+,23+,26-,27-,28?,29?,30-,31-/m1/s1. The van der Waals surface area contributed by atoms with Gasteiger partial charge in [0.2, 0.25) is 35.7 Å². The first-order chi connectivity index (χ1) is 22.9. The van der Waals surface area contributed by atoms with Crippen molar-refractivity contribution in [2.75, 3.05) is 20.2 Å². The lowest BCUT2D eigenvalue weighted by Crippen LogP contribution is -2.68. The first kappa shape index (κ1) is 34.4. The van der Waals surface area contributed by atoms with E-state index in [1.165, 1.54) is 7.05 Å². The summed E-state index contributed by atoms with van der Waals surface area (Å²) in [5.74, 6) is -6.88. The van der Waals surface area contributed by atoms with E-state index in [0.29, 0.717) is 51.4 Å². The van der Waals surface area contributed by atoms with Crippen LogP contribution in [0.25, 0.3) is 0 Å². The van der Waals surface area contributed by atoms with E-state index in [-0.39, 0.29) is 34.8 Å². The van der Waals surface area contributed by atoms with Gasteiger partial charge in [-0.2, -0.15) is 31.4 Å². The van der Waals surface area contributed by atoms with Crippen LogP contribution in [-0.2, 0) is 43.3 Å². The van der Waals surface area contributed by atoms with E-state index in [0.717, 1.165) is 5.06 Å². The molecule has 10 rings (SSSR count). The molecule has 2 aliphatic carbocycles. The third-order valence-corrected chi connectivity index (χ3v) is 12.7. The minimum atomic E-state index is -4.90. The Kier molecular flexibility index (Phi) is 7.85. The molecule has 12 atom stereocenters. The largest absolute Gasteiger partial charge is 0.456 e. The van der Waals surface area contributed by atoms with Gasteiger partial charge in [-0.05, 0) is 69.8 Å². The van der Waals surface area contributed by atoms with Crippen LogP contribution in [0.4, 0.5) is 26.3 Å². The zero-order valence-electron chi connectivity index (χ0n) is 28.1. The molecule has 8 fully saturated rings. The molecule has 2 spiro atoms.